The van der Waals surface area contributed by atoms with Crippen molar-refractivity contribution in [2.24, 2.45) is 11.8 Å². The first-order valence-electron chi connectivity index (χ1n) is 10.0. The Balaban J connectivity index is 1.73. The van der Waals surface area contributed by atoms with E-state index in [1.807, 2.05) is 25.7 Å². The molecule has 1 aromatic heterocycles. The van der Waals surface area contributed by atoms with Crippen LogP contribution in [0.25, 0.3) is 0 Å². The Hall–Kier alpha value is -2.29. The molecule has 9 heteroatoms. The number of carbonyl (C=O) groups excluding carboxylic acids is 2. The standard InChI is InChI=1S/C20H29FN4O4/c1-12(2)8-15(16-18(27)29-20(4,5)28-16)17(26)25-7-6-24(11-13(25)3)19-22-9-14(21)10-23-19/h9-10,12-13,15-16H,6-8,11H2,1-5H3/t13-,15+,16+/m1/s1. The summed E-state index contributed by atoms with van der Waals surface area (Å²) in [5.41, 5.74) is 0. The molecule has 0 bridgehead atoms. The number of hydrogen-bond acceptors (Lipinski definition) is 7. The van der Waals surface area contributed by atoms with Crippen LogP contribution >= 0.6 is 0 Å². The average Bonchev–Trinajstić information content (AvgIpc) is 2.91. The van der Waals surface area contributed by atoms with E-state index in [2.05, 4.69) is 9.97 Å². The normalized spacial score (nSPS) is 25.3. The van der Waals surface area contributed by atoms with Gasteiger partial charge in [-0.05, 0) is 19.3 Å². The third kappa shape index (κ3) is 4.83. The Morgan fingerprint density at radius 1 is 1.31 bits per heavy atom. The molecule has 3 atom stereocenters. The van der Waals surface area contributed by atoms with Crippen LogP contribution in [-0.4, -0.2) is 64.3 Å². The van der Waals surface area contributed by atoms with Crippen LogP contribution < -0.4 is 4.90 Å². The monoisotopic (exact) mass is 408 g/mol. The second-order valence-corrected chi connectivity index (χ2v) is 8.62. The first-order valence-corrected chi connectivity index (χ1v) is 10.0. The number of cyclic esters (lactones) is 1. The number of nitrogens with zero attached hydrogens (tertiary/aromatic N) is 4. The molecule has 0 saturated carbocycles. The van der Waals surface area contributed by atoms with Crippen molar-refractivity contribution >= 4 is 17.8 Å². The van der Waals surface area contributed by atoms with Crippen molar-refractivity contribution < 1.29 is 23.5 Å². The molecule has 3 rings (SSSR count). The first kappa shape index (κ1) is 21.4. The summed E-state index contributed by atoms with van der Waals surface area (Å²) in [7, 11) is 0. The van der Waals surface area contributed by atoms with Gasteiger partial charge in [-0.25, -0.2) is 19.2 Å². The van der Waals surface area contributed by atoms with Gasteiger partial charge in [0.15, 0.2) is 11.9 Å². The Kier molecular flexibility index (Phi) is 6.07. The molecular weight excluding hydrogens is 379 g/mol. The predicted molar refractivity (Wildman–Crippen MR) is 103 cm³/mol. The van der Waals surface area contributed by atoms with Crippen LogP contribution in [0.5, 0.6) is 0 Å². The van der Waals surface area contributed by atoms with Crippen molar-refractivity contribution in [1.29, 1.82) is 0 Å². The van der Waals surface area contributed by atoms with Crippen molar-refractivity contribution in [3.05, 3.63) is 18.2 Å². The van der Waals surface area contributed by atoms with Gasteiger partial charge >= 0.3 is 5.97 Å². The molecule has 0 radical (unpaired) electrons. The summed E-state index contributed by atoms with van der Waals surface area (Å²) in [5, 5.41) is 0. The summed E-state index contributed by atoms with van der Waals surface area (Å²) in [6.45, 7) is 10.8. The number of aromatic nitrogens is 2. The lowest BCUT2D eigenvalue weighted by Gasteiger charge is -2.41. The van der Waals surface area contributed by atoms with Crippen molar-refractivity contribution in [1.82, 2.24) is 14.9 Å². The van der Waals surface area contributed by atoms with Gasteiger partial charge in [0.2, 0.25) is 17.6 Å². The second-order valence-electron chi connectivity index (χ2n) is 8.62. The molecule has 8 nitrogen and oxygen atoms in total. The van der Waals surface area contributed by atoms with E-state index in [-0.39, 0.29) is 17.9 Å². The van der Waals surface area contributed by atoms with Gasteiger partial charge in [-0.1, -0.05) is 13.8 Å². The number of amides is 1. The molecule has 1 amide bonds. The Morgan fingerprint density at radius 3 is 2.48 bits per heavy atom. The topological polar surface area (TPSA) is 84.9 Å². The van der Waals surface area contributed by atoms with Gasteiger partial charge in [0, 0.05) is 39.5 Å². The number of anilines is 1. The van der Waals surface area contributed by atoms with E-state index in [0.29, 0.717) is 32.0 Å². The van der Waals surface area contributed by atoms with E-state index in [1.54, 1.807) is 18.7 Å². The molecule has 0 N–H and O–H groups in total. The summed E-state index contributed by atoms with van der Waals surface area (Å²) in [4.78, 5) is 37.5. The van der Waals surface area contributed by atoms with Crippen LogP contribution in [0.15, 0.2) is 12.4 Å². The van der Waals surface area contributed by atoms with E-state index in [1.165, 1.54) is 0 Å². The number of carbonyl (C=O) groups is 2. The van der Waals surface area contributed by atoms with E-state index in [4.69, 9.17) is 9.47 Å². The summed E-state index contributed by atoms with van der Waals surface area (Å²) in [5.74, 6) is -2.05. The molecule has 0 unspecified atom stereocenters. The van der Waals surface area contributed by atoms with E-state index >= 15 is 0 Å². The number of halogens is 1. The molecule has 1 aromatic rings. The van der Waals surface area contributed by atoms with Crippen LogP contribution in [-0.2, 0) is 19.1 Å². The molecule has 0 aromatic carbocycles. The molecule has 2 aliphatic heterocycles. The van der Waals surface area contributed by atoms with Crippen molar-refractivity contribution in [2.45, 2.75) is 59.0 Å². The lowest BCUT2D eigenvalue weighted by Crippen LogP contribution is -2.57. The van der Waals surface area contributed by atoms with Gasteiger partial charge in [0.25, 0.3) is 0 Å². The van der Waals surface area contributed by atoms with Crippen LogP contribution in [0, 0.1) is 17.7 Å². The molecule has 0 aliphatic carbocycles. The van der Waals surface area contributed by atoms with E-state index in [0.717, 1.165) is 12.4 Å². The van der Waals surface area contributed by atoms with Gasteiger partial charge in [0.05, 0.1) is 18.3 Å². The lowest BCUT2D eigenvalue weighted by molar-refractivity contribution is -0.163. The third-order valence-corrected chi connectivity index (χ3v) is 5.20. The van der Waals surface area contributed by atoms with Crippen LogP contribution in [0.4, 0.5) is 10.3 Å². The average molecular weight is 408 g/mol. The maximum Gasteiger partial charge on any atom is 0.338 e. The fourth-order valence-corrected chi connectivity index (χ4v) is 3.93. The van der Waals surface area contributed by atoms with Gasteiger partial charge in [0.1, 0.15) is 0 Å². The smallest absolute Gasteiger partial charge is 0.338 e. The van der Waals surface area contributed by atoms with Crippen molar-refractivity contribution in [3.8, 4) is 0 Å². The minimum Gasteiger partial charge on any atom is -0.432 e. The maximum atomic E-state index is 13.4. The Morgan fingerprint density at radius 2 is 1.97 bits per heavy atom. The zero-order chi connectivity index (χ0) is 21.3. The highest BCUT2D eigenvalue weighted by molar-refractivity contribution is 5.88. The molecule has 0 spiro atoms. The fraction of sp³-hybridized carbons (Fsp3) is 0.700. The largest absolute Gasteiger partial charge is 0.432 e. The number of hydrogen-bond donors (Lipinski definition) is 0. The highest BCUT2D eigenvalue weighted by Crippen LogP contribution is 2.33. The second kappa shape index (κ2) is 8.22. The van der Waals surface area contributed by atoms with Crippen molar-refractivity contribution in [3.63, 3.8) is 0 Å². The summed E-state index contributed by atoms with van der Waals surface area (Å²) in [6, 6.07) is -0.120. The zero-order valence-electron chi connectivity index (χ0n) is 17.6. The molecule has 3 heterocycles. The van der Waals surface area contributed by atoms with Crippen LogP contribution in [0.3, 0.4) is 0 Å². The Bertz CT molecular complexity index is 755. The van der Waals surface area contributed by atoms with E-state index in [9.17, 15) is 14.0 Å². The fourth-order valence-electron chi connectivity index (χ4n) is 3.93. The Labute approximate surface area is 170 Å². The predicted octanol–water partition coefficient (Wildman–Crippen LogP) is 1.99. The van der Waals surface area contributed by atoms with Gasteiger partial charge in [-0.15, -0.1) is 0 Å². The zero-order valence-corrected chi connectivity index (χ0v) is 17.6. The highest BCUT2D eigenvalue weighted by atomic mass is 19.1. The highest BCUT2D eigenvalue weighted by Gasteiger charge is 2.49. The lowest BCUT2D eigenvalue weighted by atomic mass is 9.90. The SMILES string of the molecule is CC(C)C[C@H](C(=O)N1CCN(c2ncc(F)cn2)C[C@H]1C)[C@@H]1OC(C)(C)OC1=O. The van der Waals surface area contributed by atoms with Crippen LogP contribution in [0.2, 0.25) is 0 Å². The molecule has 2 fully saturated rings. The van der Waals surface area contributed by atoms with Crippen LogP contribution in [0.1, 0.15) is 41.0 Å². The number of ether oxygens (including phenoxy) is 2. The number of piperazine rings is 1. The molecule has 2 aliphatic rings. The molecular formula is C20H29FN4O4. The molecule has 160 valence electrons. The number of rotatable bonds is 5. The van der Waals surface area contributed by atoms with Gasteiger partial charge < -0.3 is 19.3 Å². The summed E-state index contributed by atoms with van der Waals surface area (Å²) >= 11 is 0. The maximum absolute atomic E-state index is 13.4. The quantitative estimate of drug-likeness (QED) is 0.689. The number of esters is 1. The minimum absolute atomic E-state index is 0.106. The van der Waals surface area contributed by atoms with Gasteiger partial charge in [-0.3, -0.25) is 4.79 Å². The minimum atomic E-state index is -1.03. The molecule has 2 saturated heterocycles. The van der Waals surface area contributed by atoms with E-state index < -0.39 is 29.6 Å². The third-order valence-electron chi connectivity index (χ3n) is 5.20. The van der Waals surface area contributed by atoms with Gasteiger partial charge in [-0.2, -0.15) is 0 Å². The summed E-state index contributed by atoms with van der Waals surface area (Å²) < 4.78 is 24.2. The first-order chi connectivity index (χ1) is 13.6. The summed E-state index contributed by atoms with van der Waals surface area (Å²) in [6.07, 6.45) is 1.90. The van der Waals surface area contributed by atoms with Crippen molar-refractivity contribution in [2.75, 3.05) is 24.5 Å². The molecule has 29 heavy (non-hydrogen) atoms.